The summed E-state index contributed by atoms with van der Waals surface area (Å²) in [5, 5.41) is 20.2. The minimum atomic E-state index is -3.92. The first-order valence-corrected chi connectivity index (χ1v) is 13.8. The summed E-state index contributed by atoms with van der Waals surface area (Å²) in [7, 11) is 0. The number of nitrogens with zero attached hydrogens (tertiary/aromatic N) is 6. The summed E-state index contributed by atoms with van der Waals surface area (Å²) in [6.45, 7) is -4.74. The summed E-state index contributed by atoms with van der Waals surface area (Å²) in [5.74, 6) is -0.308. The van der Waals surface area contributed by atoms with Gasteiger partial charge in [-0.1, -0.05) is 0 Å². The Labute approximate surface area is 217 Å². The first-order chi connectivity index (χ1) is 18.0. The molecular weight excluding hydrogens is 549 g/mol. The number of hydrogen-bond acceptors (Lipinski definition) is 15. The van der Waals surface area contributed by atoms with Crippen molar-refractivity contribution < 1.29 is 33.6 Å². The molecule has 2 fully saturated rings. The highest BCUT2D eigenvalue weighted by Gasteiger charge is 2.42. The van der Waals surface area contributed by atoms with Crippen molar-refractivity contribution in [2.75, 3.05) is 24.7 Å². The zero-order valence-electron chi connectivity index (χ0n) is 19.4. The molecule has 0 aromatic carbocycles. The van der Waals surface area contributed by atoms with Gasteiger partial charge in [-0.05, 0) is 11.8 Å². The van der Waals surface area contributed by atoms with Gasteiger partial charge in [0.2, 0.25) is 11.9 Å². The lowest BCUT2D eigenvalue weighted by Crippen LogP contribution is -2.30. The maximum atomic E-state index is 12.1. The number of nitrogens with two attached hydrogens (primary N) is 2. The second kappa shape index (κ2) is 10.4. The second-order valence-corrected chi connectivity index (χ2v) is 11.4. The SMILES string of the molecule is Nc1ncn([C@H]2C[C@H](O)[C@@H](COP(O)(=S)O[C@H]3C[C@H](n4cnc5c(=O)[nH]c(N)nc54)O[C@@H]3CO)O2)c(=O)n1. The van der Waals surface area contributed by atoms with Crippen molar-refractivity contribution in [3.05, 3.63) is 33.5 Å². The van der Waals surface area contributed by atoms with Gasteiger partial charge in [0.25, 0.3) is 5.56 Å². The molecule has 8 N–H and O–H groups in total. The fourth-order valence-electron chi connectivity index (χ4n) is 4.26. The molecular formula is C18H24N9O9PS. The standard InChI is InChI=1S/C18H24N9O9PS/c19-16-22-6-27(18(31)25-16)11-1-7(29)10(35-11)4-33-37(32,38)36-8-2-12(34-9(8)3-28)26-5-21-13-14(26)23-17(20)24-15(13)30/h5-12,28-29H,1-4H2,(H,32,38)(H2,19,25,31)(H3,20,23,24,30)/t7-,8-,9+,10+,11+,12+,37?/m0/s1. The number of fused-ring (bicyclic) bond motifs is 1. The van der Waals surface area contributed by atoms with Crippen molar-refractivity contribution in [3.63, 3.8) is 0 Å². The minimum Gasteiger partial charge on any atom is -0.394 e. The number of aromatic amines is 1. The minimum absolute atomic E-state index is 0.0291. The number of hydrogen-bond donors (Lipinski definition) is 6. The third-order valence-electron chi connectivity index (χ3n) is 6.05. The zero-order valence-corrected chi connectivity index (χ0v) is 21.1. The van der Waals surface area contributed by atoms with Gasteiger partial charge in [-0.15, -0.1) is 0 Å². The van der Waals surface area contributed by atoms with Crippen molar-refractivity contribution in [2.45, 2.75) is 49.7 Å². The van der Waals surface area contributed by atoms with E-state index in [0.717, 1.165) is 10.9 Å². The van der Waals surface area contributed by atoms with Gasteiger partial charge in [0, 0.05) is 12.8 Å². The molecule has 18 nitrogen and oxygen atoms in total. The van der Waals surface area contributed by atoms with E-state index < -0.39 is 61.4 Å². The molecule has 5 rings (SSSR count). The number of nitrogen functional groups attached to an aromatic ring is 2. The van der Waals surface area contributed by atoms with Crippen LogP contribution in [0, 0.1) is 0 Å². The van der Waals surface area contributed by atoms with E-state index in [4.69, 9.17) is 41.8 Å². The number of nitrogens with one attached hydrogen (secondary N) is 1. The number of H-pyrrole nitrogens is 1. The zero-order chi connectivity index (χ0) is 27.2. The van der Waals surface area contributed by atoms with E-state index in [9.17, 15) is 24.7 Å². The summed E-state index contributed by atoms with van der Waals surface area (Å²) >= 11 is 5.13. The lowest BCUT2D eigenvalue weighted by Gasteiger charge is -2.24. The molecule has 20 heteroatoms. The van der Waals surface area contributed by atoms with Crippen molar-refractivity contribution in [1.29, 1.82) is 0 Å². The van der Waals surface area contributed by atoms with Gasteiger partial charge >= 0.3 is 12.4 Å². The number of aromatic nitrogens is 7. The van der Waals surface area contributed by atoms with E-state index in [1.54, 1.807) is 0 Å². The van der Waals surface area contributed by atoms with Crippen molar-refractivity contribution in [2.24, 2.45) is 0 Å². The van der Waals surface area contributed by atoms with Crippen molar-refractivity contribution in [1.82, 2.24) is 34.1 Å². The van der Waals surface area contributed by atoms with Crippen LogP contribution < -0.4 is 22.7 Å². The van der Waals surface area contributed by atoms with Gasteiger partial charge in [-0.3, -0.25) is 18.9 Å². The molecule has 2 saturated heterocycles. The highest BCUT2D eigenvalue weighted by atomic mass is 32.5. The molecule has 5 heterocycles. The number of imidazole rings is 1. The number of rotatable bonds is 8. The third kappa shape index (κ3) is 5.33. The van der Waals surface area contributed by atoms with Gasteiger partial charge < -0.3 is 45.1 Å². The van der Waals surface area contributed by atoms with Crippen LogP contribution in [-0.4, -0.2) is 86.8 Å². The fraction of sp³-hybridized carbons (Fsp3) is 0.556. The molecule has 3 aromatic rings. The maximum absolute atomic E-state index is 12.1. The summed E-state index contributed by atoms with van der Waals surface area (Å²) in [5.41, 5.74) is 10.0. The van der Waals surface area contributed by atoms with Gasteiger partial charge in [0.1, 0.15) is 31.0 Å². The Hall–Kier alpha value is -2.87. The first-order valence-electron chi connectivity index (χ1n) is 11.2. The molecule has 0 bridgehead atoms. The van der Waals surface area contributed by atoms with Crippen LogP contribution in [0.5, 0.6) is 0 Å². The predicted molar refractivity (Wildman–Crippen MR) is 131 cm³/mol. The van der Waals surface area contributed by atoms with Crippen molar-refractivity contribution in [3.8, 4) is 0 Å². The lowest BCUT2D eigenvalue weighted by atomic mass is 10.2. The molecule has 2 aliphatic rings. The Kier molecular flexibility index (Phi) is 7.29. The quantitative estimate of drug-likeness (QED) is 0.152. The van der Waals surface area contributed by atoms with Crippen LogP contribution >= 0.6 is 6.72 Å². The average molecular weight is 573 g/mol. The van der Waals surface area contributed by atoms with Crippen LogP contribution in [-0.2, 0) is 30.3 Å². The van der Waals surface area contributed by atoms with Gasteiger partial charge in [-0.25, -0.2) is 14.8 Å². The Morgan fingerprint density at radius 3 is 2.58 bits per heavy atom. The van der Waals surface area contributed by atoms with Crippen molar-refractivity contribution >= 4 is 41.6 Å². The summed E-state index contributed by atoms with van der Waals surface area (Å²) in [4.78, 5) is 52.5. The van der Waals surface area contributed by atoms with Crippen LogP contribution in [0.25, 0.3) is 11.2 Å². The van der Waals surface area contributed by atoms with E-state index >= 15 is 0 Å². The fourth-order valence-corrected chi connectivity index (χ4v) is 5.73. The van der Waals surface area contributed by atoms with Crippen LogP contribution in [0.2, 0.25) is 0 Å². The largest absolute Gasteiger partial charge is 0.394 e. The normalized spacial score (nSPS) is 29.1. The summed E-state index contributed by atoms with van der Waals surface area (Å²) in [6, 6.07) is 0. The van der Waals surface area contributed by atoms with E-state index in [1.165, 1.54) is 10.9 Å². The summed E-state index contributed by atoms with van der Waals surface area (Å²) in [6.07, 6.45) is -2.84. The molecule has 1 unspecified atom stereocenters. The van der Waals surface area contributed by atoms with Crippen LogP contribution in [0.4, 0.5) is 11.9 Å². The molecule has 0 saturated carbocycles. The van der Waals surface area contributed by atoms with Gasteiger partial charge in [-0.2, -0.15) is 9.97 Å². The topological polar surface area (TPSA) is 261 Å². The van der Waals surface area contributed by atoms with Crippen LogP contribution in [0.15, 0.2) is 22.2 Å². The highest BCUT2D eigenvalue weighted by molar-refractivity contribution is 8.07. The van der Waals surface area contributed by atoms with E-state index in [1.807, 2.05) is 0 Å². The first kappa shape index (κ1) is 26.7. The molecule has 0 radical (unpaired) electrons. The molecule has 3 aromatic heterocycles. The van der Waals surface area contributed by atoms with Gasteiger partial charge in [0.15, 0.2) is 11.2 Å². The molecule has 0 spiro atoms. The second-order valence-electron chi connectivity index (χ2n) is 8.57. The molecule has 38 heavy (non-hydrogen) atoms. The predicted octanol–water partition coefficient (Wildman–Crippen LogP) is -2.52. The van der Waals surface area contributed by atoms with Crippen LogP contribution in [0.3, 0.4) is 0 Å². The average Bonchev–Trinajstić information content (AvgIpc) is 3.54. The smallest absolute Gasteiger partial charge is 0.354 e. The highest BCUT2D eigenvalue weighted by Crippen LogP contribution is 2.49. The lowest BCUT2D eigenvalue weighted by molar-refractivity contribution is -0.0522. The Balaban J connectivity index is 1.23. The number of aliphatic hydroxyl groups is 2. The van der Waals surface area contributed by atoms with E-state index in [2.05, 4.69) is 24.9 Å². The van der Waals surface area contributed by atoms with Crippen LogP contribution in [0.1, 0.15) is 25.3 Å². The molecule has 0 aliphatic carbocycles. The number of ether oxygens (including phenoxy) is 2. The number of anilines is 2. The molecule has 7 atom stereocenters. The Morgan fingerprint density at radius 1 is 1.13 bits per heavy atom. The maximum Gasteiger partial charge on any atom is 0.354 e. The van der Waals surface area contributed by atoms with E-state index in [-0.39, 0.29) is 42.5 Å². The van der Waals surface area contributed by atoms with Gasteiger partial charge in [0.05, 0.1) is 31.7 Å². The van der Waals surface area contributed by atoms with E-state index in [0.29, 0.717) is 0 Å². The Morgan fingerprint density at radius 2 is 1.84 bits per heavy atom. The molecule has 0 amide bonds. The summed E-state index contributed by atoms with van der Waals surface area (Å²) < 4.78 is 25.1. The molecule has 2 aliphatic heterocycles. The monoisotopic (exact) mass is 573 g/mol. The molecule has 206 valence electrons. The number of aliphatic hydroxyl groups excluding tert-OH is 2. The Bertz CT molecular complexity index is 1500. The third-order valence-corrected chi connectivity index (χ3v) is 7.64.